The van der Waals surface area contributed by atoms with Crippen LogP contribution >= 0.6 is 22.9 Å². The van der Waals surface area contributed by atoms with Gasteiger partial charge in [0.2, 0.25) is 5.91 Å². The number of aromatic nitrogens is 2. The molecule has 0 aliphatic heterocycles. The molecule has 3 rings (SSSR count). The van der Waals surface area contributed by atoms with E-state index in [1.54, 1.807) is 17.5 Å². The molecule has 0 unspecified atom stereocenters. The number of amides is 1. The van der Waals surface area contributed by atoms with Gasteiger partial charge in [-0.3, -0.25) is 14.2 Å². The second-order valence-corrected chi connectivity index (χ2v) is 6.67. The van der Waals surface area contributed by atoms with E-state index in [1.165, 1.54) is 41.5 Å². The largest absolute Gasteiger partial charge is 0.465 e. The van der Waals surface area contributed by atoms with Gasteiger partial charge in [0.15, 0.2) is 0 Å². The van der Waals surface area contributed by atoms with Crippen molar-refractivity contribution in [2.75, 3.05) is 12.4 Å². The predicted molar refractivity (Wildman–Crippen MR) is 99.9 cm³/mol. The van der Waals surface area contributed by atoms with Crippen LogP contribution in [0.1, 0.15) is 16.8 Å². The Morgan fingerprint density at radius 3 is 2.92 bits per heavy atom. The molecule has 7 nitrogen and oxygen atoms in total. The smallest absolute Gasteiger partial charge is 0.339 e. The molecular formula is C17H14ClN3O4S. The first-order valence-electron chi connectivity index (χ1n) is 7.60. The van der Waals surface area contributed by atoms with Crippen molar-refractivity contribution in [2.24, 2.45) is 0 Å². The van der Waals surface area contributed by atoms with Gasteiger partial charge in [-0.2, -0.15) is 0 Å². The third-order valence-electron chi connectivity index (χ3n) is 3.69. The van der Waals surface area contributed by atoms with E-state index in [0.29, 0.717) is 15.9 Å². The fraction of sp³-hybridized carbons (Fsp3) is 0.176. The molecule has 0 atom stereocenters. The van der Waals surface area contributed by atoms with Crippen LogP contribution in [0.25, 0.3) is 10.2 Å². The second kappa shape index (κ2) is 7.67. The lowest BCUT2D eigenvalue weighted by atomic mass is 10.2. The lowest BCUT2D eigenvalue weighted by molar-refractivity contribution is -0.116. The molecule has 0 fully saturated rings. The Balaban J connectivity index is 1.68. The van der Waals surface area contributed by atoms with E-state index in [1.807, 2.05) is 0 Å². The Labute approximate surface area is 157 Å². The summed E-state index contributed by atoms with van der Waals surface area (Å²) in [6, 6.07) is 6.24. The van der Waals surface area contributed by atoms with Crippen molar-refractivity contribution >= 4 is 50.7 Å². The number of nitrogens with zero attached hydrogens (tertiary/aromatic N) is 2. The average molecular weight is 392 g/mol. The van der Waals surface area contributed by atoms with E-state index in [-0.39, 0.29) is 35.0 Å². The summed E-state index contributed by atoms with van der Waals surface area (Å²) in [6.07, 6.45) is 1.51. The number of halogens is 1. The first-order chi connectivity index (χ1) is 12.5. The summed E-state index contributed by atoms with van der Waals surface area (Å²) >= 11 is 7.34. The summed E-state index contributed by atoms with van der Waals surface area (Å²) in [5.74, 6) is -0.895. The summed E-state index contributed by atoms with van der Waals surface area (Å²) in [4.78, 5) is 40.9. The quantitative estimate of drug-likeness (QED) is 0.675. The number of anilines is 1. The molecular weight excluding hydrogens is 378 g/mol. The zero-order valence-electron chi connectivity index (χ0n) is 13.7. The van der Waals surface area contributed by atoms with E-state index in [9.17, 15) is 14.4 Å². The van der Waals surface area contributed by atoms with Crippen molar-refractivity contribution in [2.45, 2.75) is 13.0 Å². The summed E-state index contributed by atoms with van der Waals surface area (Å²) in [5, 5.41) is 5.25. The van der Waals surface area contributed by atoms with Gasteiger partial charge in [-0.25, -0.2) is 9.78 Å². The number of methoxy groups -OCH3 is 1. The highest BCUT2D eigenvalue weighted by Gasteiger charge is 2.13. The van der Waals surface area contributed by atoms with E-state index in [4.69, 9.17) is 11.6 Å². The van der Waals surface area contributed by atoms with E-state index in [0.717, 1.165) is 0 Å². The highest BCUT2D eigenvalue weighted by atomic mass is 35.5. The van der Waals surface area contributed by atoms with Gasteiger partial charge in [0.05, 0.1) is 29.4 Å². The molecule has 3 aromatic rings. The number of aryl methyl sites for hydroxylation is 1. The molecule has 134 valence electrons. The monoisotopic (exact) mass is 391 g/mol. The summed E-state index contributed by atoms with van der Waals surface area (Å²) in [7, 11) is 1.25. The van der Waals surface area contributed by atoms with Gasteiger partial charge >= 0.3 is 5.97 Å². The number of fused-ring (bicyclic) bond motifs is 1. The normalized spacial score (nSPS) is 10.7. The Hall–Kier alpha value is -2.71. The molecule has 26 heavy (non-hydrogen) atoms. The minimum absolute atomic E-state index is 0.0768. The predicted octanol–water partition coefficient (Wildman–Crippen LogP) is 2.93. The Bertz CT molecular complexity index is 1040. The molecule has 0 aliphatic rings. The molecule has 0 bridgehead atoms. The number of thiophene rings is 1. The van der Waals surface area contributed by atoms with Crippen LogP contribution in [-0.4, -0.2) is 28.5 Å². The van der Waals surface area contributed by atoms with Crippen LogP contribution in [0.3, 0.4) is 0 Å². The maximum atomic E-state index is 12.3. The Kier molecular flexibility index (Phi) is 5.34. The van der Waals surface area contributed by atoms with Crippen LogP contribution in [0.2, 0.25) is 5.02 Å². The maximum absolute atomic E-state index is 12.3. The molecule has 2 heterocycles. The standard InChI is InChI=1S/C17H14ClN3O4S/c1-25-17(24)12-8-10(2-3-13(12)18)20-14(22)4-6-21-9-19-15-11(16(21)23)5-7-26-15/h2-3,5,7-9H,4,6H2,1H3,(H,20,22). The minimum Gasteiger partial charge on any atom is -0.465 e. The highest BCUT2D eigenvalue weighted by Crippen LogP contribution is 2.21. The van der Waals surface area contributed by atoms with Crippen LogP contribution in [0.5, 0.6) is 0 Å². The van der Waals surface area contributed by atoms with Crippen LogP contribution in [0, 0.1) is 0 Å². The van der Waals surface area contributed by atoms with E-state index < -0.39 is 5.97 Å². The third-order valence-corrected chi connectivity index (χ3v) is 4.84. The van der Waals surface area contributed by atoms with Crippen LogP contribution in [-0.2, 0) is 16.1 Å². The van der Waals surface area contributed by atoms with Crippen molar-refractivity contribution in [3.8, 4) is 0 Å². The average Bonchev–Trinajstić information content (AvgIpc) is 3.11. The van der Waals surface area contributed by atoms with E-state index >= 15 is 0 Å². The number of hydrogen-bond acceptors (Lipinski definition) is 6. The minimum atomic E-state index is -0.590. The number of benzene rings is 1. The lowest BCUT2D eigenvalue weighted by Crippen LogP contribution is -2.23. The van der Waals surface area contributed by atoms with Crippen LogP contribution in [0.15, 0.2) is 40.8 Å². The van der Waals surface area contributed by atoms with Gasteiger partial charge in [0, 0.05) is 18.7 Å². The van der Waals surface area contributed by atoms with Crippen molar-refractivity contribution < 1.29 is 14.3 Å². The number of carbonyl (C=O) groups excluding carboxylic acids is 2. The number of rotatable bonds is 5. The van der Waals surface area contributed by atoms with Crippen molar-refractivity contribution in [1.82, 2.24) is 9.55 Å². The molecule has 0 saturated heterocycles. The maximum Gasteiger partial charge on any atom is 0.339 e. The number of ether oxygens (including phenoxy) is 1. The fourth-order valence-corrected chi connectivity index (χ4v) is 3.29. The number of nitrogens with one attached hydrogen (secondary N) is 1. The molecule has 0 radical (unpaired) electrons. The third kappa shape index (κ3) is 3.76. The SMILES string of the molecule is COC(=O)c1cc(NC(=O)CCn2cnc3sccc3c2=O)ccc1Cl. The van der Waals surface area contributed by atoms with Gasteiger partial charge in [-0.05, 0) is 29.6 Å². The number of esters is 1. The topological polar surface area (TPSA) is 90.3 Å². The number of carbonyl (C=O) groups is 2. The number of hydrogen-bond donors (Lipinski definition) is 1. The first kappa shape index (κ1) is 18.1. The zero-order valence-corrected chi connectivity index (χ0v) is 15.3. The zero-order chi connectivity index (χ0) is 18.7. The van der Waals surface area contributed by atoms with Crippen molar-refractivity contribution in [1.29, 1.82) is 0 Å². The van der Waals surface area contributed by atoms with Gasteiger partial charge in [0.25, 0.3) is 5.56 Å². The van der Waals surface area contributed by atoms with E-state index in [2.05, 4.69) is 15.0 Å². The van der Waals surface area contributed by atoms with Crippen LogP contribution in [0.4, 0.5) is 5.69 Å². The van der Waals surface area contributed by atoms with Gasteiger partial charge in [-0.1, -0.05) is 11.6 Å². The van der Waals surface area contributed by atoms with Crippen molar-refractivity contribution in [3.63, 3.8) is 0 Å². The summed E-state index contributed by atoms with van der Waals surface area (Å²) < 4.78 is 6.04. The Morgan fingerprint density at radius 2 is 2.15 bits per heavy atom. The molecule has 0 saturated carbocycles. The molecule has 1 amide bonds. The van der Waals surface area contributed by atoms with Crippen molar-refractivity contribution in [3.05, 3.63) is 56.9 Å². The Morgan fingerprint density at radius 1 is 1.35 bits per heavy atom. The van der Waals surface area contributed by atoms with Gasteiger partial charge in [0.1, 0.15) is 4.83 Å². The van der Waals surface area contributed by atoms with Gasteiger partial charge in [-0.15, -0.1) is 11.3 Å². The fourth-order valence-electron chi connectivity index (χ4n) is 2.37. The van der Waals surface area contributed by atoms with Crippen LogP contribution < -0.4 is 10.9 Å². The molecule has 1 aromatic carbocycles. The highest BCUT2D eigenvalue weighted by molar-refractivity contribution is 7.16. The van der Waals surface area contributed by atoms with Gasteiger partial charge < -0.3 is 10.1 Å². The molecule has 2 aromatic heterocycles. The molecule has 9 heteroatoms. The lowest BCUT2D eigenvalue weighted by Gasteiger charge is -2.09. The molecule has 1 N–H and O–H groups in total. The summed E-state index contributed by atoms with van der Waals surface area (Å²) in [5.41, 5.74) is 0.400. The molecule has 0 spiro atoms. The molecule has 0 aliphatic carbocycles. The first-order valence-corrected chi connectivity index (χ1v) is 8.85. The summed E-state index contributed by atoms with van der Waals surface area (Å²) in [6.45, 7) is 0.195. The second-order valence-electron chi connectivity index (χ2n) is 5.37.